The first-order valence-electron chi connectivity index (χ1n) is 9.08. The van der Waals surface area contributed by atoms with Crippen molar-refractivity contribution in [3.63, 3.8) is 0 Å². The number of benzene rings is 1. The highest BCUT2D eigenvalue weighted by molar-refractivity contribution is 8.15. The average Bonchev–Trinajstić information content (AvgIpc) is 3.13. The van der Waals surface area contributed by atoms with Crippen molar-refractivity contribution in [2.24, 2.45) is 10.7 Å². The van der Waals surface area contributed by atoms with E-state index in [0.717, 1.165) is 44.5 Å². The van der Waals surface area contributed by atoms with Crippen LogP contribution >= 0.6 is 11.8 Å². The van der Waals surface area contributed by atoms with E-state index in [1.807, 2.05) is 12.1 Å². The van der Waals surface area contributed by atoms with Gasteiger partial charge in [-0.2, -0.15) is 4.99 Å². The van der Waals surface area contributed by atoms with E-state index in [2.05, 4.69) is 21.7 Å². The monoisotopic (exact) mass is 389 g/mol. The first kappa shape index (κ1) is 18.4. The molecule has 0 radical (unpaired) electrons. The molecule has 1 aromatic carbocycles. The summed E-state index contributed by atoms with van der Waals surface area (Å²) in [6.07, 6.45) is 0. The Morgan fingerprint density at radius 2 is 1.89 bits per heavy atom. The maximum absolute atomic E-state index is 13.3. The lowest BCUT2D eigenvalue weighted by Crippen LogP contribution is -2.54. The summed E-state index contributed by atoms with van der Waals surface area (Å²) >= 11 is 0.949. The van der Waals surface area contributed by atoms with Crippen molar-refractivity contribution in [2.45, 2.75) is 17.8 Å². The lowest BCUT2D eigenvalue weighted by Gasteiger charge is -2.36. The number of amides is 2. The predicted octanol–water partition coefficient (Wildman–Crippen LogP) is -0.227. The lowest BCUT2D eigenvalue weighted by molar-refractivity contribution is -0.140. The van der Waals surface area contributed by atoms with Crippen LogP contribution in [-0.4, -0.2) is 76.5 Å². The Hall–Kier alpha value is -1.94. The summed E-state index contributed by atoms with van der Waals surface area (Å²) in [6, 6.07) is 7.09. The van der Waals surface area contributed by atoms with Crippen molar-refractivity contribution in [2.75, 3.05) is 44.3 Å². The molecule has 1 saturated heterocycles. The lowest BCUT2D eigenvalue weighted by atomic mass is 9.91. The van der Waals surface area contributed by atoms with Gasteiger partial charge in [0.1, 0.15) is 5.25 Å². The fourth-order valence-corrected chi connectivity index (χ4v) is 4.87. The molecule has 1 aromatic rings. The number of thioether (sulfide) groups is 1. The molecule has 0 bridgehead atoms. The third-order valence-corrected chi connectivity index (χ3v) is 6.60. The number of nitrogens with zero attached hydrogens (tertiary/aromatic N) is 4. The standard InChI is InChI=1S/C18H23N5O3S/c1-2-21-7-9-22(10-8-21)11-23-13-6-4-3-5-12(13)18(26,16(23)25)14-15(24)20-17(19)27-14/h3-6,14,26H,2,7-11H2,1H3,(H2,19,20,24). The van der Waals surface area contributed by atoms with Crippen molar-refractivity contribution >= 4 is 34.4 Å². The van der Waals surface area contributed by atoms with Gasteiger partial charge in [-0.05, 0) is 12.6 Å². The van der Waals surface area contributed by atoms with Crippen molar-refractivity contribution < 1.29 is 14.7 Å². The molecule has 0 aromatic heterocycles. The molecule has 9 heteroatoms. The molecule has 2 unspecified atom stereocenters. The summed E-state index contributed by atoms with van der Waals surface area (Å²) in [5.41, 5.74) is 4.79. The average molecular weight is 389 g/mol. The first-order chi connectivity index (χ1) is 12.9. The number of likely N-dealkylation sites (N-methyl/N-ethyl adjacent to an activating group) is 1. The Balaban J connectivity index is 1.62. The van der Waals surface area contributed by atoms with Gasteiger partial charge in [-0.1, -0.05) is 36.9 Å². The maximum atomic E-state index is 13.3. The number of anilines is 1. The van der Waals surface area contributed by atoms with E-state index in [-0.39, 0.29) is 5.17 Å². The van der Waals surface area contributed by atoms with Gasteiger partial charge in [0.2, 0.25) is 0 Å². The zero-order valence-corrected chi connectivity index (χ0v) is 16.0. The maximum Gasteiger partial charge on any atom is 0.266 e. The number of para-hydroxylation sites is 1. The van der Waals surface area contributed by atoms with E-state index < -0.39 is 22.7 Å². The predicted molar refractivity (Wildman–Crippen MR) is 104 cm³/mol. The minimum absolute atomic E-state index is 0.0813. The number of carbonyl (C=O) groups is 2. The van der Waals surface area contributed by atoms with E-state index in [1.54, 1.807) is 17.0 Å². The zero-order valence-electron chi connectivity index (χ0n) is 15.2. The van der Waals surface area contributed by atoms with E-state index in [9.17, 15) is 14.7 Å². The van der Waals surface area contributed by atoms with Crippen LogP contribution in [0.2, 0.25) is 0 Å². The normalized spacial score (nSPS) is 29.3. The highest BCUT2D eigenvalue weighted by Crippen LogP contribution is 2.47. The molecule has 3 N–H and O–H groups in total. The van der Waals surface area contributed by atoms with Crippen LogP contribution in [0.4, 0.5) is 5.69 Å². The van der Waals surface area contributed by atoms with Crippen LogP contribution < -0.4 is 10.6 Å². The third-order valence-electron chi connectivity index (χ3n) is 5.49. The second-order valence-electron chi connectivity index (χ2n) is 7.00. The summed E-state index contributed by atoms with van der Waals surface area (Å²) < 4.78 is 0. The number of hydrogen-bond acceptors (Lipinski definition) is 7. The summed E-state index contributed by atoms with van der Waals surface area (Å²) in [6.45, 7) is 7.15. The zero-order chi connectivity index (χ0) is 19.2. The van der Waals surface area contributed by atoms with Gasteiger partial charge in [-0.3, -0.25) is 19.4 Å². The molecule has 27 heavy (non-hydrogen) atoms. The van der Waals surface area contributed by atoms with Gasteiger partial charge in [0.25, 0.3) is 11.8 Å². The van der Waals surface area contributed by atoms with E-state index in [1.165, 1.54) is 0 Å². The molecule has 8 nitrogen and oxygen atoms in total. The van der Waals surface area contributed by atoms with Crippen molar-refractivity contribution in [3.05, 3.63) is 29.8 Å². The van der Waals surface area contributed by atoms with Gasteiger partial charge in [0.15, 0.2) is 10.8 Å². The summed E-state index contributed by atoms with van der Waals surface area (Å²) in [4.78, 5) is 35.4. The molecule has 0 saturated carbocycles. The van der Waals surface area contributed by atoms with Gasteiger partial charge in [0.05, 0.1) is 12.4 Å². The van der Waals surface area contributed by atoms with Gasteiger partial charge in [-0.25, -0.2) is 0 Å². The van der Waals surface area contributed by atoms with Gasteiger partial charge in [-0.15, -0.1) is 0 Å². The number of aliphatic hydroxyl groups is 1. The van der Waals surface area contributed by atoms with Crippen LogP contribution in [0.3, 0.4) is 0 Å². The van der Waals surface area contributed by atoms with Crippen LogP contribution in [0.15, 0.2) is 29.3 Å². The topological polar surface area (TPSA) is 102 Å². The summed E-state index contributed by atoms with van der Waals surface area (Å²) in [7, 11) is 0. The molecule has 2 atom stereocenters. The van der Waals surface area contributed by atoms with E-state index >= 15 is 0 Å². The Morgan fingerprint density at radius 3 is 2.52 bits per heavy atom. The van der Waals surface area contributed by atoms with Gasteiger partial charge >= 0.3 is 0 Å². The minimum atomic E-state index is -1.95. The minimum Gasteiger partial charge on any atom is -0.378 e. The molecule has 3 aliphatic rings. The highest BCUT2D eigenvalue weighted by Gasteiger charge is 2.59. The number of nitrogens with two attached hydrogens (primary N) is 1. The molecule has 0 spiro atoms. The van der Waals surface area contributed by atoms with Crippen LogP contribution in [0.1, 0.15) is 12.5 Å². The molecule has 3 heterocycles. The van der Waals surface area contributed by atoms with E-state index in [4.69, 9.17) is 5.73 Å². The molecular weight excluding hydrogens is 366 g/mol. The molecule has 144 valence electrons. The Bertz CT molecular complexity index is 808. The Labute approximate surface area is 162 Å². The van der Waals surface area contributed by atoms with Crippen molar-refractivity contribution in [1.29, 1.82) is 0 Å². The summed E-state index contributed by atoms with van der Waals surface area (Å²) in [5, 5.41) is 10.4. The van der Waals surface area contributed by atoms with Crippen molar-refractivity contribution in [1.82, 2.24) is 9.80 Å². The van der Waals surface area contributed by atoms with Crippen LogP contribution in [0.25, 0.3) is 0 Å². The fourth-order valence-electron chi connectivity index (χ4n) is 3.93. The molecule has 4 rings (SSSR count). The Kier molecular flexibility index (Phi) is 4.71. The smallest absolute Gasteiger partial charge is 0.266 e. The largest absolute Gasteiger partial charge is 0.378 e. The number of aliphatic imine (C=N–C) groups is 1. The molecule has 1 fully saturated rings. The summed E-state index contributed by atoms with van der Waals surface area (Å²) in [5.74, 6) is -1.06. The van der Waals surface area contributed by atoms with Gasteiger partial charge in [0, 0.05) is 31.7 Å². The number of amidine groups is 1. The number of rotatable bonds is 4. The molecule has 2 amide bonds. The van der Waals surface area contributed by atoms with Crippen molar-refractivity contribution in [3.8, 4) is 0 Å². The number of piperazine rings is 1. The van der Waals surface area contributed by atoms with E-state index in [0.29, 0.717) is 17.9 Å². The number of fused-ring (bicyclic) bond motifs is 1. The second-order valence-corrected chi connectivity index (χ2v) is 8.12. The molecular formula is C18H23N5O3S. The quantitative estimate of drug-likeness (QED) is 0.733. The third kappa shape index (κ3) is 2.94. The van der Waals surface area contributed by atoms with Gasteiger partial charge < -0.3 is 15.7 Å². The first-order valence-corrected chi connectivity index (χ1v) is 9.96. The Morgan fingerprint density at radius 1 is 1.22 bits per heavy atom. The fraction of sp³-hybridized carbons (Fsp3) is 0.500. The highest BCUT2D eigenvalue weighted by atomic mass is 32.2. The van der Waals surface area contributed by atoms with Crippen LogP contribution in [0, 0.1) is 0 Å². The number of carbonyl (C=O) groups excluding carboxylic acids is 2. The molecule has 3 aliphatic heterocycles. The number of hydrogen-bond donors (Lipinski definition) is 2. The second kappa shape index (κ2) is 6.90. The van der Waals surface area contributed by atoms with Crippen LogP contribution in [0.5, 0.6) is 0 Å². The van der Waals surface area contributed by atoms with Crippen LogP contribution in [-0.2, 0) is 15.2 Å². The molecule has 0 aliphatic carbocycles. The SMILES string of the molecule is CCN1CCN(CN2C(=O)C(O)(C3SC(N)=NC3=O)c3ccccc32)CC1.